The zero-order valence-corrected chi connectivity index (χ0v) is 15.3. The molecule has 0 spiro atoms. The third-order valence-electron chi connectivity index (χ3n) is 3.37. The quantitative estimate of drug-likeness (QED) is 0.357. The predicted molar refractivity (Wildman–Crippen MR) is 65.7 cm³/mol. The predicted octanol–water partition coefficient (Wildman–Crippen LogP) is 6.18. The number of alkyl halides is 20. The lowest BCUT2D eigenvalue weighted by atomic mass is 9.89. The summed E-state index contributed by atoms with van der Waals surface area (Å²) in [4.78, 5) is 0. The van der Waals surface area contributed by atoms with Gasteiger partial charge in [0.15, 0.2) is 0 Å². The molecular weight excluding hydrogens is 556 g/mol. The van der Waals surface area contributed by atoms with E-state index in [9.17, 15) is 87.8 Å². The summed E-state index contributed by atoms with van der Waals surface area (Å²) in [5.74, 6) is -61.1. The summed E-state index contributed by atoms with van der Waals surface area (Å²) in [6, 6.07) is 0. The summed E-state index contributed by atoms with van der Waals surface area (Å²) in [6.45, 7) is 0.566. The highest BCUT2D eigenvalue weighted by molar-refractivity contribution is 5.15. The number of methoxy groups -OCH3 is 1. The molecule has 0 atom stereocenters. The van der Waals surface area contributed by atoms with Gasteiger partial charge in [-0.2, -0.15) is 87.8 Å². The minimum Gasteiger partial charge on any atom is -0.394 e. The van der Waals surface area contributed by atoms with Crippen LogP contribution >= 0.6 is 0 Å². The smallest absolute Gasteiger partial charge is 0.394 e. The van der Waals surface area contributed by atoms with Gasteiger partial charge in [-0.3, -0.25) is 0 Å². The van der Waals surface area contributed by atoms with Crippen LogP contribution in [0.3, 0.4) is 0 Å². The molecule has 0 aliphatic heterocycles. The van der Waals surface area contributed by atoms with Gasteiger partial charge in [0.05, 0.1) is 13.2 Å². The minimum atomic E-state index is -9.02. The van der Waals surface area contributed by atoms with Crippen LogP contribution in [0, 0.1) is 0 Å². The zero-order chi connectivity index (χ0) is 28.6. The standard InChI is InChI=1S/C9F20.C3H8O2/c10-1(11,2(12,13)4(16,17)6(20,21)8(24,25)26)3(14,15)5(18,19)7(22,23)9(27,28)29;1-5-3-2-4/h;4H,2-3H2,1H3. The van der Waals surface area contributed by atoms with Gasteiger partial charge in [0, 0.05) is 7.11 Å². The van der Waals surface area contributed by atoms with Gasteiger partial charge in [0.2, 0.25) is 0 Å². The summed E-state index contributed by atoms with van der Waals surface area (Å²) in [6.07, 6.45) is -15.9. The maximum absolute atomic E-state index is 12.9. The molecule has 2 nitrogen and oxygen atoms in total. The Morgan fingerprint density at radius 1 is 0.412 bits per heavy atom. The number of rotatable bonds is 8. The molecule has 0 saturated heterocycles. The number of halogens is 20. The van der Waals surface area contributed by atoms with Gasteiger partial charge in [0.25, 0.3) is 0 Å². The molecular formula is C12H8F20O2. The van der Waals surface area contributed by atoms with E-state index >= 15 is 0 Å². The van der Waals surface area contributed by atoms with E-state index in [2.05, 4.69) is 4.74 Å². The molecule has 34 heavy (non-hydrogen) atoms. The molecule has 22 heteroatoms. The van der Waals surface area contributed by atoms with Gasteiger partial charge in [0.1, 0.15) is 0 Å². The van der Waals surface area contributed by atoms with Gasteiger partial charge in [-0.25, -0.2) is 0 Å². The fraction of sp³-hybridized carbons (Fsp3) is 1.00. The van der Waals surface area contributed by atoms with E-state index in [-0.39, 0.29) is 6.61 Å². The summed E-state index contributed by atoms with van der Waals surface area (Å²) in [7, 11) is 1.55. The molecule has 0 aromatic rings. The number of aliphatic hydroxyl groups is 1. The van der Waals surface area contributed by atoms with Crippen molar-refractivity contribution in [1.82, 2.24) is 0 Å². The lowest BCUT2D eigenvalue weighted by molar-refractivity contribution is -0.474. The lowest BCUT2D eigenvalue weighted by Gasteiger charge is -2.42. The Bertz CT molecular complexity index is 605. The van der Waals surface area contributed by atoms with Crippen LogP contribution in [0.5, 0.6) is 0 Å². The van der Waals surface area contributed by atoms with Crippen molar-refractivity contribution >= 4 is 0 Å². The fourth-order valence-electron chi connectivity index (χ4n) is 1.43. The fourth-order valence-corrected chi connectivity index (χ4v) is 1.43. The Hall–Kier alpha value is -1.48. The SMILES string of the molecule is COCCO.FC(F)(F)C(F)(F)C(F)(F)C(F)(F)C(F)(F)C(F)(F)C(F)(F)C(F)(F)C(F)(F)F. The lowest BCUT2D eigenvalue weighted by Crippen LogP contribution is -2.75. The molecule has 0 rings (SSSR count). The van der Waals surface area contributed by atoms with Gasteiger partial charge >= 0.3 is 53.8 Å². The summed E-state index contributed by atoms with van der Waals surface area (Å²) >= 11 is 0. The third kappa shape index (κ3) is 5.06. The van der Waals surface area contributed by atoms with Crippen molar-refractivity contribution in [1.29, 1.82) is 0 Å². The van der Waals surface area contributed by atoms with E-state index in [0.29, 0.717) is 6.61 Å². The second kappa shape index (κ2) is 9.52. The van der Waals surface area contributed by atoms with E-state index in [1.807, 2.05) is 0 Å². The minimum absolute atomic E-state index is 0.122. The molecule has 0 heterocycles. The number of hydrogen-bond donors (Lipinski definition) is 1. The Morgan fingerprint density at radius 2 is 0.588 bits per heavy atom. The highest BCUT2D eigenvalue weighted by Gasteiger charge is 2.97. The maximum atomic E-state index is 12.9. The highest BCUT2D eigenvalue weighted by Crippen LogP contribution is 2.65. The third-order valence-corrected chi connectivity index (χ3v) is 3.37. The molecule has 0 aromatic heterocycles. The monoisotopic (exact) mass is 564 g/mol. The van der Waals surface area contributed by atoms with Crippen LogP contribution in [0.25, 0.3) is 0 Å². The van der Waals surface area contributed by atoms with Crippen LogP contribution in [0.2, 0.25) is 0 Å². The van der Waals surface area contributed by atoms with Crippen LogP contribution in [-0.2, 0) is 4.74 Å². The highest BCUT2D eigenvalue weighted by atomic mass is 19.4. The average molecular weight is 564 g/mol. The first-order valence-electron chi connectivity index (χ1n) is 7.29. The first-order chi connectivity index (χ1) is 14.4. The number of ether oxygens (including phenoxy) is 1. The Labute approximate surface area is 173 Å². The molecule has 0 unspecified atom stereocenters. The summed E-state index contributed by atoms with van der Waals surface area (Å²) in [5.41, 5.74) is 0. The van der Waals surface area contributed by atoms with Gasteiger partial charge in [-0.05, 0) is 0 Å². The van der Waals surface area contributed by atoms with E-state index in [4.69, 9.17) is 5.11 Å². The van der Waals surface area contributed by atoms with Crippen molar-refractivity contribution in [2.24, 2.45) is 0 Å². The molecule has 0 amide bonds. The molecule has 0 bridgehead atoms. The summed E-state index contributed by atoms with van der Waals surface area (Å²) < 4.78 is 253. The van der Waals surface area contributed by atoms with Gasteiger partial charge < -0.3 is 9.84 Å². The van der Waals surface area contributed by atoms with Crippen molar-refractivity contribution in [3.63, 3.8) is 0 Å². The van der Waals surface area contributed by atoms with Crippen LogP contribution in [0.4, 0.5) is 87.8 Å². The molecule has 0 fully saturated rings. The van der Waals surface area contributed by atoms with Crippen molar-refractivity contribution in [2.75, 3.05) is 20.3 Å². The molecule has 0 aliphatic carbocycles. The van der Waals surface area contributed by atoms with Crippen LogP contribution < -0.4 is 0 Å². The summed E-state index contributed by atoms with van der Waals surface area (Å²) in [5, 5.41) is 7.94. The molecule has 0 aromatic carbocycles. The van der Waals surface area contributed by atoms with E-state index in [0.717, 1.165) is 0 Å². The Kier molecular flexibility index (Phi) is 9.72. The normalized spacial score (nSPS) is 15.7. The molecule has 0 saturated carbocycles. The number of hydrogen-bond acceptors (Lipinski definition) is 2. The second-order valence-electron chi connectivity index (χ2n) is 5.73. The van der Waals surface area contributed by atoms with Crippen LogP contribution in [0.1, 0.15) is 0 Å². The Balaban J connectivity index is 0. The van der Waals surface area contributed by atoms with E-state index in [1.54, 1.807) is 7.11 Å². The van der Waals surface area contributed by atoms with Crippen molar-refractivity contribution < 1.29 is 97.7 Å². The average Bonchev–Trinajstić information content (AvgIpc) is 2.59. The maximum Gasteiger partial charge on any atom is 0.460 e. The van der Waals surface area contributed by atoms with E-state index < -0.39 is 53.8 Å². The number of aliphatic hydroxyl groups excluding tert-OH is 1. The van der Waals surface area contributed by atoms with Crippen LogP contribution in [-0.4, -0.2) is 79.2 Å². The molecule has 0 radical (unpaired) electrons. The van der Waals surface area contributed by atoms with Gasteiger partial charge in [-0.1, -0.05) is 0 Å². The first-order valence-corrected chi connectivity index (χ1v) is 7.29. The largest absolute Gasteiger partial charge is 0.460 e. The van der Waals surface area contributed by atoms with Gasteiger partial charge in [-0.15, -0.1) is 0 Å². The van der Waals surface area contributed by atoms with E-state index in [1.165, 1.54) is 0 Å². The first kappa shape index (κ1) is 34.7. The van der Waals surface area contributed by atoms with Crippen molar-refractivity contribution in [2.45, 2.75) is 53.8 Å². The Morgan fingerprint density at radius 3 is 0.676 bits per heavy atom. The van der Waals surface area contributed by atoms with Crippen molar-refractivity contribution in [3.05, 3.63) is 0 Å². The van der Waals surface area contributed by atoms with Crippen LogP contribution in [0.15, 0.2) is 0 Å². The van der Waals surface area contributed by atoms with Crippen molar-refractivity contribution in [3.8, 4) is 0 Å². The molecule has 208 valence electrons. The second-order valence-corrected chi connectivity index (χ2v) is 5.73. The zero-order valence-electron chi connectivity index (χ0n) is 15.3. The topological polar surface area (TPSA) is 29.5 Å². The molecule has 0 aliphatic rings. The molecule has 1 N–H and O–H groups in total.